The maximum atomic E-state index is 2.38. The fourth-order valence-electron chi connectivity index (χ4n) is 5.64. The molecule has 0 N–H and O–H groups in total. The van der Waals surface area contributed by atoms with Crippen LogP contribution in [0.5, 0.6) is 0 Å². The second-order valence-electron chi connectivity index (χ2n) is 9.90. The first-order valence-electron chi connectivity index (χ1n) is 13.5. The molecule has 0 fully saturated rings. The first-order chi connectivity index (χ1) is 19.3. The standard InChI is InChI=1S/C37H31GeN/c1-30-22-26-36(27-23-30)39(35-20-12-5-13-21-35)37-28-24-34(25-29-37)38(31-14-6-2-7-15-31,32-16-8-3-9-17-32)33-18-10-4-11-19-33/h2-29H,1H3. The molecule has 0 heterocycles. The van der Waals surface area contributed by atoms with Gasteiger partial charge in [-0.2, -0.15) is 0 Å². The second kappa shape index (κ2) is 11.2. The van der Waals surface area contributed by atoms with Gasteiger partial charge in [0.2, 0.25) is 0 Å². The van der Waals surface area contributed by atoms with Crippen molar-refractivity contribution in [1.82, 2.24) is 0 Å². The molecule has 1 nitrogen and oxygen atoms in total. The van der Waals surface area contributed by atoms with Crippen molar-refractivity contribution in [2.24, 2.45) is 0 Å². The van der Waals surface area contributed by atoms with Gasteiger partial charge in [-0.25, -0.2) is 0 Å². The summed E-state index contributed by atoms with van der Waals surface area (Å²) in [6, 6.07) is 62.2. The van der Waals surface area contributed by atoms with Crippen LogP contribution in [0.2, 0.25) is 0 Å². The number of benzene rings is 6. The van der Waals surface area contributed by atoms with Gasteiger partial charge in [0.15, 0.2) is 0 Å². The Hall–Kier alpha value is -4.34. The molecule has 0 saturated carbocycles. The van der Waals surface area contributed by atoms with Crippen molar-refractivity contribution in [3.8, 4) is 0 Å². The van der Waals surface area contributed by atoms with Gasteiger partial charge in [-0.1, -0.05) is 0 Å². The van der Waals surface area contributed by atoms with Crippen molar-refractivity contribution in [2.75, 3.05) is 4.90 Å². The van der Waals surface area contributed by atoms with E-state index >= 15 is 0 Å². The molecule has 6 aromatic carbocycles. The van der Waals surface area contributed by atoms with E-state index in [0.717, 1.165) is 17.1 Å². The molecule has 6 rings (SSSR count). The third-order valence-corrected chi connectivity index (χ3v) is 17.6. The van der Waals surface area contributed by atoms with Crippen molar-refractivity contribution in [1.29, 1.82) is 0 Å². The van der Waals surface area contributed by atoms with E-state index in [1.807, 2.05) is 0 Å². The fourth-order valence-corrected chi connectivity index (χ4v) is 15.6. The Morgan fingerprint density at radius 3 is 1.05 bits per heavy atom. The zero-order chi connectivity index (χ0) is 26.5. The van der Waals surface area contributed by atoms with Gasteiger partial charge in [0.1, 0.15) is 0 Å². The van der Waals surface area contributed by atoms with E-state index in [-0.39, 0.29) is 0 Å². The van der Waals surface area contributed by atoms with Crippen LogP contribution in [-0.2, 0) is 0 Å². The number of hydrogen-bond donors (Lipinski definition) is 0. The van der Waals surface area contributed by atoms with Gasteiger partial charge in [-0.3, -0.25) is 0 Å². The summed E-state index contributed by atoms with van der Waals surface area (Å²) >= 11 is -3.27. The maximum absolute atomic E-state index is 3.27. The molecule has 0 aliphatic rings. The molecule has 0 aromatic heterocycles. The molecule has 0 atom stereocenters. The quantitative estimate of drug-likeness (QED) is 0.193. The van der Waals surface area contributed by atoms with Crippen molar-refractivity contribution in [3.05, 3.63) is 175 Å². The van der Waals surface area contributed by atoms with Crippen LogP contribution in [0.25, 0.3) is 0 Å². The summed E-state index contributed by atoms with van der Waals surface area (Å²) < 4.78 is 5.71. The molecule has 0 aliphatic carbocycles. The van der Waals surface area contributed by atoms with E-state index in [2.05, 4.69) is 182 Å². The second-order valence-corrected chi connectivity index (χ2v) is 17.9. The topological polar surface area (TPSA) is 3.24 Å². The predicted molar refractivity (Wildman–Crippen MR) is 169 cm³/mol. The number of rotatable bonds is 7. The van der Waals surface area contributed by atoms with Gasteiger partial charge in [-0.15, -0.1) is 0 Å². The van der Waals surface area contributed by atoms with E-state index in [9.17, 15) is 0 Å². The van der Waals surface area contributed by atoms with Gasteiger partial charge in [0.25, 0.3) is 0 Å². The van der Waals surface area contributed by atoms with E-state index in [4.69, 9.17) is 0 Å². The molecule has 2 heteroatoms. The first kappa shape index (κ1) is 25.0. The number of nitrogens with zero attached hydrogens (tertiary/aromatic N) is 1. The SMILES string of the molecule is Cc1ccc(N(c2ccccc2)c2cc[c]([Ge]([c]3ccccc3)([c]3ccccc3)[c]3ccccc3)cc2)cc1. The molecule has 0 unspecified atom stereocenters. The zero-order valence-corrected chi connectivity index (χ0v) is 24.2. The van der Waals surface area contributed by atoms with E-state index < -0.39 is 13.3 Å². The molecule has 0 spiro atoms. The number of hydrogen-bond acceptors (Lipinski definition) is 1. The van der Waals surface area contributed by atoms with Crippen LogP contribution in [0.3, 0.4) is 0 Å². The Morgan fingerprint density at radius 1 is 0.333 bits per heavy atom. The molecule has 0 bridgehead atoms. The average Bonchev–Trinajstić information content (AvgIpc) is 3.02. The Labute approximate surface area is 234 Å². The summed E-state index contributed by atoms with van der Waals surface area (Å²) in [5, 5.41) is 0. The predicted octanol–water partition coefficient (Wildman–Crippen LogP) is 6.84. The van der Waals surface area contributed by atoms with Gasteiger partial charge >= 0.3 is 235 Å². The summed E-state index contributed by atoms with van der Waals surface area (Å²) in [6.07, 6.45) is 0. The van der Waals surface area contributed by atoms with Crippen molar-refractivity contribution >= 4 is 47.9 Å². The number of para-hydroxylation sites is 1. The molecule has 0 radical (unpaired) electrons. The van der Waals surface area contributed by atoms with E-state index in [0.29, 0.717) is 0 Å². The molecular formula is C37H31GeN. The molecule has 39 heavy (non-hydrogen) atoms. The van der Waals surface area contributed by atoms with Crippen LogP contribution in [0, 0.1) is 6.92 Å². The van der Waals surface area contributed by atoms with Gasteiger partial charge < -0.3 is 0 Å². The minimum absolute atomic E-state index is 1.15. The molecule has 6 aromatic rings. The van der Waals surface area contributed by atoms with Crippen LogP contribution in [-0.4, -0.2) is 13.3 Å². The van der Waals surface area contributed by atoms with Gasteiger partial charge in [0, 0.05) is 0 Å². The van der Waals surface area contributed by atoms with Gasteiger partial charge in [-0.05, 0) is 0 Å². The molecular weight excluding hydrogens is 531 g/mol. The Kier molecular flexibility index (Phi) is 7.16. The summed E-state index contributed by atoms with van der Waals surface area (Å²) in [6.45, 7) is 2.13. The average molecular weight is 562 g/mol. The fraction of sp³-hybridized carbons (Fsp3) is 0.0270. The first-order valence-corrected chi connectivity index (χ1v) is 17.7. The van der Waals surface area contributed by atoms with Crippen LogP contribution in [0.1, 0.15) is 5.56 Å². The summed E-state index contributed by atoms with van der Waals surface area (Å²) in [7, 11) is 0. The molecule has 0 aliphatic heterocycles. The van der Waals surface area contributed by atoms with Crippen LogP contribution < -0.4 is 22.5 Å². The Morgan fingerprint density at radius 2 is 0.641 bits per heavy atom. The molecule has 0 saturated heterocycles. The van der Waals surface area contributed by atoms with Crippen LogP contribution in [0.4, 0.5) is 17.1 Å². The molecule has 188 valence electrons. The van der Waals surface area contributed by atoms with E-state index in [1.54, 1.807) is 0 Å². The zero-order valence-electron chi connectivity index (χ0n) is 22.1. The van der Waals surface area contributed by atoms with E-state index in [1.165, 1.54) is 23.1 Å². The van der Waals surface area contributed by atoms with Crippen molar-refractivity contribution in [2.45, 2.75) is 6.92 Å². The minimum atomic E-state index is -3.27. The van der Waals surface area contributed by atoms with Crippen molar-refractivity contribution in [3.63, 3.8) is 0 Å². The summed E-state index contributed by atoms with van der Waals surface area (Å²) in [5.74, 6) is 0. The van der Waals surface area contributed by atoms with Crippen LogP contribution >= 0.6 is 0 Å². The van der Waals surface area contributed by atoms with Crippen LogP contribution in [0.15, 0.2) is 170 Å². The number of aryl methyl sites for hydroxylation is 1. The normalized spacial score (nSPS) is 11.2. The third kappa shape index (κ3) is 4.82. The summed E-state index contributed by atoms with van der Waals surface area (Å²) in [4.78, 5) is 2.34. The van der Waals surface area contributed by atoms with Crippen molar-refractivity contribution < 1.29 is 0 Å². The van der Waals surface area contributed by atoms with Gasteiger partial charge in [0.05, 0.1) is 0 Å². The number of anilines is 3. The molecule has 0 amide bonds. The Bertz CT molecular complexity index is 1520. The Balaban J connectivity index is 1.56. The monoisotopic (exact) mass is 563 g/mol. The third-order valence-electron chi connectivity index (χ3n) is 7.49. The summed E-state index contributed by atoms with van der Waals surface area (Å²) in [5.41, 5.74) is 4.71.